The average molecular weight is 467 g/mol. The molecule has 0 heterocycles. The van der Waals surface area contributed by atoms with Crippen molar-refractivity contribution in [2.24, 2.45) is 5.92 Å². The van der Waals surface area contributed by atoms with Gasteiger partial charge in [0.1, 0.15) is 6.61 Å². The first kappa shape index (κ1) is 23.8. The number of fused-ring (bicyclic) bond motifs is 3. The van der Waals surface area contributed by atoms with Gasteiger partial charge < -0.3 is 25.6 Å². The lowest BCUT2D eigenvalue weighted by atomic mass is 9.98. The second kappa shape index (κ2) is 10.3. The fourth-order valence-electron chi connectivity index (χ4n) is 5.12. The number of amides is 2. The zero-order valence-corrected chi connectivity index (χ0v) is 19.1. The molecule has 34 heavy (non-hydrogen) atoms. The maximum absolute atomic E-state index is 12.6. The molecule has 4 atom stereocenters. The molecule has 1 saturated carbocycles. The highest BCUT2D eigenvalue weighted by molar-refractivity contribution is 5.84. The topological polar surface area (TPSA) is 125 Å². The number of aliphatic carboxylic acids is 1. The monoisotopic (exact) mass is 466 g/mol. The van der Waals surface area contributed by atoms with Crippen LogP contribution >= 0.6 is 0 Å². The van der Waals surface area contributed by atoms with Gasteiger partial charge in [-0.3, -0.25) is 4.79 Å². The van der Waals surface area contributed by atoms with Gasteiger partial charge in [-0.05, 0) is 47.9 Å². The molecule has 180 valence electrons. The Morgan fingerprint density at radius 2 is 1.65 bits per heavy atom. The van der Waals surface area contributed by atoms with Crippen LogP contribution in [0.1, 0.15) is 49.7 Å². The number of alkyl carbamates (subject to hydrolysis) is 1. The first-order chi connectivity index (χ1) is 16.3. The van der Waals surface area contributed by atoms with Crippen LogP contribution in [0.25, 0.3) is 11.1 Å². The van der Waals surface area contributed by atoms with Gasteiger partial charge in [-0.2, -0.15) is 0 Å². The van der Waals surface area contributed by atoms with E-state index in [-0.39, 0.29) is 30.9 Å². The quantitative estimate of drug-likeness (QED) is 0.474. The number of ether oxygens (including phenoxy) is 1. The van der Waals surface area contributed by atoms with Gasteiger partial charge >= 0.3 is 12.1 Å². The normalized spacial score (nSPS) is 20.6. The van der Waals surface area contributed by atoms with Gasteiger partial charge in [0.25, 0.3) is 0 Å². The van der Waals surface area contributed by atoms with E-state index in [1.165, 1.54) is 6.92 Å². The summed E-state index contributed by atoms with van der Waals surface area (Å²) in [4.78, 5) is 36.2. The molecule has 8 nitrogen and oxygen atoms in total. The largest absolute Gasteiger partial charge is 0.480 e. The molecule has 0 radical (unpaired) electrons. The molecule has 4 rings (SSSR count). The van der Waals surface area contributed by atoms with E-state index in [2.05, 4.69) is 34.9 Å². The molecule has 2 aliphatic rings. The van der Waals surface area contributed by atoms with Crippen LogP contribution in [0, 0.1) is 5.92 Å². The molecule has 0 aromatic heterocycles. The lowest BCUT2D eigenvalue weighted by Gasteiger charge is -2.23. The number of carboxylic acid groups (broad SMARTS) is 1. The van der Waals surface area contributed by atoms with Gasteiger partial charge in [-0.1, -0.05) is 55.0 Å². The molecule has 4 unspecified atom stereocenters. The lowest BCUT2D eigenvalue weighted by Crippen LogP contribution is -2.48. The number of benzene rings is 2. The third-order valence-corrected chi connectivity index (χ3v) is 6.82. The molecule has 2 aliphatic carbocycles. The van der Waals surface area contributed by atoms with Crippen LogP contribution in [0.15, 0.2) is 48.5 Å². The molecule has 1 fully saturated rings. The number of rotatable bonds is 8. The van der Waals surface area contributed by atoms with Crippen LogP contribution in [-0.4, -0.2) is 53.0 Å². The van der Waals surface area contributed by atoms with Crippen molar-refractivity contribution in [3.8, 4) is 11.1 Å². The Bertz CT molecular complexity index is 1020. The maximum atomic E-state index is 12.6. The number of carboxylic acids is 1. The standard InChI is InChI=1S/C26H30N2O6/c1-15(29)24(25(31)32)28-23(30)13-16-7-6-12-22(16)27-26(33)34-14-21-19-10-4-2-8-17(19)18-9-3-5-11-20(18)21/h2-5,8-11,15-16,21-22,24,29H,6-7,12-14H2,1H3,(H,27,33)(H,28,30)(H,31,32). The number of hydrogen-bond donors (Lipinski definition) is 4. The third-order valence-electron chi connectivity index (χ3n) is 6.82. The summed E-state index contributed by atoms with van der Waals surface area (Å²) in [5, 5.41) is 24.0. The summed E-state index contributed by atoms with van der Waals surface area (Å²) in [6.45, 7) is 1.53. The minimum atomic E-state index is -1.36. The Morgan fingerprint density at radius 1 is 1.03 bits per heavy atom. The fraction of sp³-hybridized carbons (Fsp3) is 0.423. The van der Waals surface area contributed by atoms with Crippen LogP contribution in [0.5, 0.6) is 0 Å². The van der Waals surface area contributed by atoms with E-state index < -0.39 is 30.1 Å². The second-order valence-electron chi connectivity index (χ2n) is 9.10. The van der Waals surface area contributed by atoms with E-state index in [1.54, 1.807) is 0 Å². The minimum Gasteiger partial charge on any atom is -0.480 e. The zero-order chi connectivity index (χ0) is 24.2. The average Bonchev–Trinajstić information content (AvgIpc) is 3.37. The van der Waals surface area contributed by atoms with Gasteiger partial charge in [0.15, 0.2) is 6.04 Å². The first-order valence-electron chi connectivity index (χ1n) is 11.7. The van der Waals surface area contributed by atoms with E-state index in [9.17, 15) is 19.5 Å². The Labute approximate surface area is 198 Å². The number of carbonyl (C=O) groups excluding carboxylic acids is 2. The molecule has 2 aromatic rings. The van der Waals surface area contributed by atoms with Crippen molar-refractivity contribution in [3.63, 3.8) is 0 Å². The van der Waals surface area contributed by atoms with Crippen LogP contribution < -0.4 is 10.6 Å². The highest BCUT2D eigenvalue weighted by Crippen LogP contribution is 2.44. The zero-order valence-electron chi connectivity index (χ0n) is 19.1. The van der Waals surface area contributed by atoms with Crippen molar-refractivity contribution in [1.82, 2.24) is 10.6 Å². The van der Waals surface area contributed by atoms with E-state index in [1.807, 2.05) is 24.3 Å². The minimum absolute atomic E-state index is 0.0308. The molecule has 4 N–H and O–H groups in total. The van der Waals surface area contributed by atoms with E-state index in [0.29, 0.717) is 0 Å². The summed E-state index contributed by atoms with van der Waals surface area (Å²) in [5.74, 6) is -1.90. The van der Waals surface area contributed by atoms with Crippen LogP contribution in [-0.2, 0) is 14.3 Å². The Balaban J connectivity index is 1.33. The third kappa shape index (κ3) is 5.07. The highest BCUT2D eigenvalue weighted by Gasteiger charge is 2.34. The number of nitrogens with one attached hydrogen (secondary N) is 2. The van der Waals surface area contributed by atoms with Crippen molar-refractivity contribution in [2.75, 3.05) is 6.61 Å². The highest BCUT2D eigenvalue weighted by atomic mass is 16.5. The molecule has 8 heteroatoms. The van der Waals surface area contributed by atoms with E-state index in [4.69, 9.17) is 9.84 Å². The van der Waals surface area contributed by atoms with Crippen LogP contribution in [0.2, 0.25) is 0 Å². The summed E-state index contributed by atoms with van der Waals surface area (Å²) in [6.07, 6.45) is 0.664. The van der Waals surface area contributed by atoms with Crippen molar-refractivity contribution >= 4 is 18.0 Å². The molecule has 0 aliphatic heterocycles. The summed E-state index contributed by atoms with van der Waals surface area (Å²) < 4.78 is 5.62. The predicted octanol–water partition coefficient (Wildman–Crippen LogP) is 3.03. The maximum Gasteiger partial charge on any atom is 0.407 e. The SMILES string of the molecule is CC(O)C(NC(=O)CC1CCCC1NC(=O)OCC1c2ccccc2-c2ccccc21)C(=O)O. The lowest BCUT2D eigenvalue weighted by molar-refractivity contribution is -0.144. The van der Waals surface area contributed by atoms with Gasteiger partial charge in [-0.25, -0.2) is 9.59 Å². The molecular formula is C26H30N2O6. The molecule has 0 bridgehead atoms. The molecule has 2 amide bonds. The fourth-order valence-corrected chi connectivity index (χ4v) is 5.12. The van der Waals surface area contributed by atoms with Crippen molar-refractivity contribution in [3.05, 3.63) is 59.7 Å². The van der Waals surface area contributed by atoms with Crippen molar-refractivity contribution in [1.29, 1.82) is 0 Å². The molecular weight excluding hydrogens is 436 g/mol. The molecule has 0 spiro atoms. The summed E-state index contributed by atoms with van der Waals surface area (Å²) in [5.41, 5.74) is 4.59. The number of carbonyl (C=O) groups is 3. The first-order valence-corrected chi connectivity index (χ1v) is 11.7. The Morgan fingerprint density at radius 3 is 2.24 bits per heavy atom. The van der Waals surface area contributed by atoms with Gasteiger partial charge in [0.2, 0.25) is 5.91 Å². The van der Waals surface area contributed by atoms with E-state index in [0.717, 1.165) is 41.5 Å². The van der Waals surface area contributed by atoms with Gasteiger partial charge in [0.05, 0.1) is 6.10 Å². The van der Waals surface area contributed by atoms with Crippen LogP contribution in [0.4, 0.5) is 4.79 Å². The number of hydrogen-bond acceptors (Lipinski definition) is 5. The Hall–Kier alpha value is -3.39. The smallest absolute Gasteiger partial charge is 0.407 e. The predicted molar refractivity (Wildman–Crippen MR) is 125 cm³/mol. The molecule has 0 saturated heterocycles. The van der Waals surface area contributed by atoms with Gasteiger partial charge in [-0.15, -0.1) is 0 Å². The Kier molecular flexibility index (Phi) is 7.17. The second-order valence-corrected chi connectivity index (χ2v) is 9.10. The number of aliphatic hydroxyl groups excluding tert-OH is 1. The number of aliphatic hydroxyl groups is 1. The summed E-state index contributed by atoms with van der Waals surface area (Å²) in [6, 6.07) is 14.7. The van der Waals surface area contributed by atoms with Gasteiger partial charge in [0, 0.05) is 18.4 Å². The van der Waals surface area contributed by atoms with E-state index >= 15 is 0 Å². The molecule has 2 aromatic carbocycles. The summed E-state index contributed by atoms with van der Waals surface area (Å²) in [7, 11) is 0. The van der Waals surface area contributed by atoms with Crippen LogP contribution in [0.3, 0.4) is 0 Å². The van der Waals surface area contributed by atoms with Crippen molar-refractivity contribution < 1.29 is 29.3 Å². The summed E-state index contributed by atoms with van der Waals surface area (Å²) >= 11 is 0. The van der Waals surface area contributed by atoms with Crippen molar-refractivity contribution in [2.45, 2.75) is 56.7 Å².